The maximum atomic E-state index is 12.2. The van der Waals surface area contributed by atoms with Gasteiger partial charge in [-0.1, -0.05) is 20.3 Å². The van der Waals surface area contributed by atoms with Crippen molar-refractivity contribution >= 4 is 5.69 Å². The van der Waals surface area contributed by atoms with Crippen LogP contribution in [0.4, 0.5) is 18.9 Å². The topological polar surface area (TPSA) is 29.4 Å². The van der Waals surface area contributed by atoms with E-state index in [0.717, 1.165) is 18.2 Å². The molecule has 5 heteroatoms. The number of benzene rings is 1. The molecule has 0 atom stereocenters. The van der Waals surface area contributed by atoms with Crippen LogP contribution in [0.5, 0.6) is 0 Å². The molecule has 0 unspecified atom stereocenters. The van der Waals surface area contributed by atoms with Gasteiger partial charge in [0.05, 0.1) is 5.56 Å². The summed E-state index contributed by atoms with van der Waals surface area (Å²) in [5.74, 6) is 0. The molecular formula is C11H14F3NO. The Morgan fingerprint density at radius 3 is 2.06 bits per heavy atom. The summed E-state index contributed by atoms with van der Waals surface area (Å²) in [7, 11) is 0. The summed E-state index contributed by atoms with van der Waals surface area (Å²) < 4.78 is 36.5. The molecule has 0 saturated carbocycles. The van der Waals surface area contributed by atoms with Gasteiger partial charge in [0.15, 0.2) is 0 Å². The Balaban J connectivity index is 0.000000673. The zero-order valence-electron chi connectivity index (χ0n) is 9.43. The first kappa shape index (κ1) is 14.6. The zero-order chi connectivity index (χ0) is 12.8. The van der Waals surface area contributed by atoms with E-state index in [1.54, 1.807) is 0 Å². The molecule has 0 aliphatic heterocycles. The van der Waals surface area contributed by atoms with Crippen molar-refractivity contribution in [1.29, 1.82) is 0 Å². The van der Waals surface area contributed by atoms with Crippen LogP contribution in [0.3, 0.4) is 0 Å². The smallest absolute Gasteiger partial charge is 0.166 e. The monoisotopic (exact) mass is 233 g/mol. The Morgan fingerprint density at radius 2 is 1.75 bits per heavy atom. The molecule has 0 spiro atoms. The number of hydrogen-bond acceptors (Lipinski definition) is 2. The molecule has 0 aromatic heterocycles. The van der Waals surface area contributed by atoms with Crippen LogP contribution in [-0.4, -0.2) is 0 Å². The fraction of sp³-hybridized carbons (Fsp3) is 0.455. The largest absolute Gasteiger partial charge is 0.416 e. The Bertz CT molecular complexity index is 348. The van der Waals surface area contributed by atoms with Gasteiger partial charge >= 0.3 is 6.18 Å². The van der Waals surface area contributed by atoms with E-state index in [2.05, 4.69) is 19.0 Å². The minimum atomic E-state index is -4.37. The quantitative estimate of drug-likeness (QED) is 0.639. The van der Waals surface area contributed by atoms with Crippen molar-refractivity contribution < 1.29 is 13.2 Å². The number of aryl methyl sites for hydroxylation is 1. The van der Waals surface area contributed by atoms with E-state index >= 15 is 0 Å². The van der Waals surface area contributed by atoms with Crippen molar-refractivity contribution in [3.8, 4) is 0 Å². The van der Waals surface area contributed by atoms with E-state index in [0.29, 0.717) is 0 Å². The third kappa shape index (κ3) is 4.42. The summed E-state index contributed by atoms with van der Waals surface area (Å²) in [6.07, 6.45) is -3.12. The molecule has 0 bridgehead atoms. The summed E-state index contributed by atoms with van der Waals surface area (Å²) in [4.78, 5) is 9.99. The SMILES string of the molecule is CCC.Cc1cc(N=O)ccc1C(F)(F)F. The molecule has 0 aliphatic carbocycles. The zero-order valence-corrected chi connectivity index (χ0v) is 9.43. The Kier molecular flexibility index (Phi) is 5.71. The van der Waals surface area contributed by atoms with Crippen LogP contribution in [-0.2, 0) is 6.18 Å². The summed E-state index contributed by atoms with van der Waals surface area (Å²) in [5, 5.41) is 2.54. The van der Waals surface area contributed by atoms with Crippen molar-refractivity contribution in [1.82, 2.24) is 0 Å². The fourth-order valence-electron chi connectivity index (χ4n) is 1.02. The first-order valence-electron chi connectivity index (χ1n) is 4.88. The number of alkyl halides is 3. The van der Waals surface area contributed by atoms with Crippen molar-refractivity contribution in [3.05, 3.63) is 34.2 Å². The van der Waals surface area contributed by atoms with E-state index in [4.69, 9.17) is 0 Å². The standard InChI is InChI=1S/C8H6F3NO.C3H8/c1-5-4-6(12-13)2-3-7(5)8(9,10)11;1-3-2/h2-4H,1H3;3H2,1-2H3. The molecule has 0 saturated heterocycles. The first-order chi connectivity index (χ1) is 7.36. The minimum Gasteiger partial charge on any atom is -0.166 e. The van der Waals surface area contributed by atoms with Crippen LogP contribution in [0.1, 0.15) is 31.4 Å². The highest BCUT2D eigenvalue weighted by Gasteiger charge is 2.32. The lowest BCUT2D eigenvalue weighted by Crippen LogP contribution is -2.06. The van der Waals surface area contributed by atoms with E-state index < -0.39 is 11.7 Å². The molecule has 2 nitrogen and oxygen atoms in total. The molecule has 0 N–H and O–H groups in total. The summed E-state index contributed by atoms with van der Waals surface area (Å²) in [6, 6.07) is 3.00. The van der Waals surface area contributed by atoms with Gasteiger partial charge in [0.2, 0.25) is 0 Å². The first-order valence-corrected chi connectivity index (χ1v) is 4.88. The predicted octanol–water partition coefficient (Wildman–Crippen LogP) is 4.83. The molecule has 0 radical (unpaired) electrons. The van der Waals surface area contributed by atoms with Gasteiger partial charge in [-0.15, -0.1) is 4.91 Å². The molecule has 0 aliphatic rings. The normalized spacial score (nSPS) is 10.4. The molecule has 0 heterocycles. The van der Waals surface area contributed by atoms with Crippen LogP contribution in [0.25, 0.3) is 0 Å². The summed E-state index contributed by atoms with van der Waals surface area (Å²) in [5.41, 5.74) is -0.727. The second kappa shape index (κ2) is 6.25. The summed E-state index contributed by atoms with van der Waals surface area (Å²) in [6.45, 7) is 5.54. The third-order valence-corrected chi connectivity index (χ3v) is 1.62. The highest BCUT2D eigenvalue weighted by Crippen LogP contribution is 2.33. The number of halogens is 3. The van der Waals surface area contributed by atoms with Gasteiger partial charge in [-0.05, 0) is 35.9 Å². The van der Waals surface area contributed by atoms with Gasteiger partial charge in [0, 0.05) is 0 Å². The Morgan fingerprint density at radius 1 is 1.25 bits per heavy atom. The lowest BCUT2D eigenvalue weighted by Gasteiger charge is -2.09. The highest BCUT2D eigenvalue weighted by molar-refractivity contribution is 5.44. The van der Waals surface area contributed by atoms with Gasteiger partial charge in [0.1, 0.15) is 5.69 Å². The van der Waals surface area contributed by atoms with Crippen molar-refractivity contribution in [2.24, 2.45) is 5.18 Å². The molecule has 1 aromatic carbocycles. The van der Waals surface area contributed by atoms with Crippen LogP contribution < -0.4 is 0 Å². The highest BCUT2D eigenvalue weighted by atomic mass is 19.4. The maximum absolute atomic E-state index is 12.2. The molecule has 16 heavy (non-hydrogen) atoms. The van der Waals surface area contributed by atoms with Crippen LogP contribution in [0.15, 0.2) is 23.4 Å². The number of rotatable bonds is 1. The van der Waals surface area contributed by atoms with Crippen LogP contribution in [0, 0.1) is 11.8 Å². The molecule has 0 amide bonds. The number of nitroso groups, excluding NO2 is 1. The molecule has 1 aromatic rings. The van der Waals surface area contributed by atoms with E-state index in [9.17, 15) is 18.1 Å². The van der Waals surface area contributed by atoms with Gasteiger partial charge in [-0.25, -0.2) is 0 Å². The fourth-order valence-corrected chi connectivity index (χ4v) is 1.02. The van der Waals surface area contributed by atoms with Crippen molar-refractivity contribution in [3.63, 3.8) is 0 Å². The Hall–Kier alpha value is -1.39. The van der Waals surface area contributed by atoms with Crippen LogP contribution in [0.2, 0.25) is 0 Å². The average Bonchev–Trinajstić information content (AvgIpc) is 2.16. The minimum absolute atomic E-state index is 0.00426. The number of hydrogen-bond donors (Lipinski definition) is 0. The second-order valence-electron chi connectivity index (χ2n) is 3.30. The molecular weight excluding hydrogens is 219 g/mol. The van der Waals surface area contributed by atoms with Gasteiger partial charge in [-0.3, -0.25) is 0 Å². The van der Waals surface area contributed by atoms with E-state index in [1.807, 2.05) is 0 Å². The maximum Gasteiger partial charge on any atom is 0.416 e. The van der Waals surface area contributed by atoms with Gasteiger partial charge in [-0.2, -0.15) is 13.2 Å². The lowest BCUT2D eigenvalue weighted by atomic mass is 10.1. The van der Waals surface area contributed by atoms with E-state index in [1.165, 1.54) is 13.3 Å². The van der Waals surface area contributed by atoms with Crippen molar-refractivity contribution in [2.45, 2.75) is 33.4 Å². The molecule has 90 valence electrons. The third-order valence-electron chi connectivity index (χ3n) is 1.62. The average molecular weight is 233 g/mol. The van der Waals surface area contributed by atoms with Gasteiger partial charge in [0.25, 0.3) is 0 Å². The van der Waals surface area contributed by atoms with E-state index in [-0.39, 0.29) is 11.3 Å². The second-order valence-corrected chi connectivity index (χ2v) is 3.30. The predicted molar refractivity (Wildman–Crippen MR) is 57.6 cm³/mol. The summed E-state index contributed by atoms with van der Waals surface area (Å²) >= 11 is 0. The Labute approximate surface area is 92.5 Å². The molecule has 0 fully saturated rings. The van der Waals surface area contributed by atoms with Gasteiger partial charge < -0.3 is 0 Å². The molecule has 1 rings (SSSR count). The lowest BCUT2D eigenvalue weighted by molar-refractivity contribution is -0.138. The number of nitrogens with zero attached hydrogens (tertiary/aromatic N) is 1. The van der Waals surface area contributed by atoms with Crippen molar-refractivity contribution in [2.75, 3.05) is 0 Å². The van der Waals surface area contributed by atoms with Crippen LogP contribution >= 0.6 is 0 Å².